The Morgan fingerprint density at radius 1 is 1.53 bits per heavy atom. The van der Waals surface area contributed by atoms with Crippen LogP contribution in [0.15, 0.2) is 18.3 Å². The molecule has 15 heavy (non-hydrogen) atoms. The van der Waals surface area contributed by atoms with Gasteiger partial charge in [-0.1, -0.05) is 12.2 Å². The van der Waals surface area contributed by atoms with Crippen molar-refractivity contribution in [3.05, 3.63) is 29.6 Å². The minimum atomic E-state index is 0.821. The number of rotatable bonds is 4. The van der Waals surface area contributed by atoms with Gasteiger partial charge in [-0.2, -0.15) is 5.10 Å². The standard InChI is InChI=1S/C12H19N3/c1-10-12(9-14-15-10)8-13-7-11-5-3-2-4-6-11/h2-3,9,11,13H,4-8H2,1H3,(H,14,15)/t11-/m0/s1. The van der Waals surface area contributed by atoms with Gasteiger partial charge in [0.1, 0.15) is 0 Å². The van der Waals surface area contributed by atoms with Gasteiger partial charge in [-0.3, -0.25) is 5.10 Å². The molecule has 0 aliphatic heterocycles. The van der Waals surface area contributed by atoms with E-state index in [1.54, 1.807) is 0 Å². The normalized spacial score (nSPS) is 20.7. The Hall–Kier alpha value is -1.09. The number of nitrogens with one attached hydrogen (secondary N) is 2. The summed E-state index contributed by atoms with van der Waals surface area (Å²) in [5.74, 6) is 0.821. The topological polar surface area (TPSA) is 40.7 Å². The lowest BCUT2D eigenvalue weighted by Gasteiger charge is -2.17. The second-order valence-electron chi connectivity index (χ2n) is 4.30. The summed E-state index contributed by atoms with van der Waals surface area (Å²) in [6, 6.07) is 0. The molecule has 0 saturated heterocycles. The summed E-state index contributed by atoms with van der Waals surface area (Å²) >= 11 is 0. The molecule has 1 aliphatic carbocycles. The minimum Gasteiger partial charge on any atom is -0.312 e. The van der Waals surface area contributed by atoms with Gasteiger partial charge in [0.15, 0.2) is 0 Å². The highest BCUT2D eigenvalue weighted by Gasteiger charge is 2.09. The Morgan fingerprint density at radius 3 is 3.13 bits per heavy atom. The van der Waals surface area contributed by atoms with Crippen molar-refractivity contribution in [2.75, 3.05) is 6.54 Å². The van der Waals surface area contributed by atoms with Gasteiger partial charge in [0.25, 0.3) is 0 Å². The molecule has 0 saturated carbocycles. The molecule has 0 fully saturated rings. The second-order valence-corrected chi connectivity index (χ2v) is 4.30. The first-order chi connectivity index (χ1) is 7.36. The van der Waals surface area contributed by atoms with Crippen LogP contribution in [-0.2, 0) is 6.54 Å². The molecular formula is C12H19N3. The van der Waals surface area contributed by atoms with E-state index in [1.165, 1.54) is 30.5 Å². The molecule has 1 aromatic rings. The first-order valence-electron chi connectivity index (χ1n) is 5.71. The van der Waals surface area contributed by atoms with Crippen molar-refractivity contribution in [1.29, 1.82) is 0 Å². The van der Waals surface area contributed by atoms with Crippen LogP contribution >= 0.6 is 0 Å². The second kappa shape index (κ2) is 5.12. The Labute approximate surface area is 91.0 Å². The molecule has 0 spiro atoms. The van der Waals surface area contributed by atoms with Gasteiger partial charge in [0, 0.05) is 17.8 Å². The lowest BCUT2D eigenvalue weighted by molar-refractivity contribution is 0.440. The summed E-state index contributed by atoms with van der Waals surface area (Å²) in [5.41, 5.74) is 2.45. The summed E-state index contributed by atoms with van der Waals surface area (Å²) in [5, 5.41) is 10.5. The van der Waals surface area contributed by atoms with E-state index in [-0.39, 0.29) is 0 Å². The molecule has 2 rings (SSSR count). The highest BCUT2D eigenvalue weighted by molar-refractivity contribution is 5.13. The van der Waals surface area contributed by atoms with Crippen LogP contribution in [0.2, 0.25) is 0 Å². The molecule has 1 aliphatic rings. The van der Waals surface area contributed by atoms with Crippen LogP contribution < -0.4 is 5.32 Å². The van der Waals surface area contributed by atoms with Gasteiger partial charge >= 0.3 is 0 Å². The SMILES string of the molecule is Cc1[nH]ncc1CNC[C@H]1CC=CCC1. The first-order valence-corrected chi connectivity index (χ1v) is 5.71. The first kappa shape index (κ1) is 10.4. The third-order valence-corrected chi connectivity index (χ3v) is 3.06. The number of aromatic amines is 1. The van der Waals surface area contributed by atoms with Crippen molar-refractivity contribution >= 4 is 0 Å². The van der Waals surface area contributed by atoms with Gasteiger partial charge < -0.3 is 5.32 Å². The zero-order valence-corrected chi connectivity index (χ0v) is 9.29. The van der Waals surface area contributed by atoms with Crippen LogP contribution in [0.5, 0.6) is 0 Å². The van der Waals surface area contributed by atoms with E-state index in [4.69, 9.17) is 0 Å². The average Bonchev–Trinajstić information content (AvgIpc) is 2.66. The van der Waals surface area contributed by atoms with Crippen molar-refractivity contribution in [1.82, 2.24) is 15.5 Å². The molecule has 1 aromatic heterocycles. The van der Waals surface area contributed by atoms with Crippen molar-refractivity contribution in [3.63, 3.8) is 0 Å². The molecule has 0 bridgehead atoms. The molecule has 1 atom stereocenters. The van der Waals surface area contributed by atoms with Crippen molar-refractivity contribution in [2.24, 2.45) is 5.92 Å². The van der Waals surface area contributed by atoms with E-state index in [1.807, 2.05) is 6.20 Å². The summed E-state index contributed by atoms with van der Waals surface area (Å²) in [6.07, 6.45) is 10.3. The fraction of sp³-hybridized carbons (Fsp3) is 0.583. The fourth-order valence-corrected chi connectivity index (χ4v) is 2.01. The number of hydrogen-bond donors (Lipinski definition) is 2. The number of hydrogen-bond acceptors (Lipinski definition) is 2. The average molecular weight is 205 g/mol. The maximum atomic E-state index is 4.01. The lowest BCUT2D eigenvalue weighted by atomic mass is 9.94. The third kappa shape index (κ3) is 2.93. The lowest BCUT2D eigenvalue weighted by Crippen LogP contribution is -2.23. The molecule has 0 amide bonds. The van der Waals surface area contributed by atoms with E-state index < -0.39 is 0 Å². The van der Waals surface area contributed by atoms with Crippen molar-refractivity contribution in [3.8, 4) is 0 Å². The van der Waals surface area contributed by atoms with E-state index in [2.05, 4.69) is 34.6 Å². The summed E-state index contributed by atoms with van der Waals surface area (Å²) in [7, 11) is 0. The predicted molar refractivity (Wildman–Crippen MR) is 61.5 cm³/mol. The number of allylic oxidation sites excluding steroid dienone is 2. The summed E-state index contributed by atoms with van der Waals surface area (Å²) in [6.45, 7) is 4.12. The van der Waals surface area contributed by atoms with Crippen LogP contribution in [0.4, 0.5) is 0 Å². The predicted octanol–water partition coefficient (Wildman–Crippen LogP) is 2.16. The number of aromatic nitrogens is 2. The monoisotopic (exact) mass is 205 g/mol. The molecule has 3 heteroatoms. The van der Waals surface area contributed by atoms with Crippen LogP contribution in [0.3, 0.4) is 0 Å². The van der Waals surface area contributed by atoms with E-state index in [0.717, 1.165) is 19.0 Å². The van der Waals surface area contributed by atoms with Crippen LogP contribution in [0.25, 0.3) is 0 Å². The third-order valence-electron chi connectivity index (χ3n) is 3.06. The van der Waals surface area contributed by atoms with E-state index in [0.29, 0.717) is 0 Å². The Balaban J connectivity index is 1.71. The molecule has 3 nitrogen and oxygen atoms in total. The fourth-order valence-electron chi connectivity index (χ4n) is 2.01. The van der Waals surface area contributed by atoms with Crippen LogP contribution in [0, 0.1) is 12.8 Å². The van der Waals surface area contributed by atoms with Gasteiger partial charge in [0.2, 0.25) is 0 Å². The summed E-state index contributed by atoms with van der Waals surface area (Å²) < 4.78 is 0. The van der Waals surface area contributed by atoms with Crippen LogP contribution in [0.1, 0.15) is 30.5 Å². The molecule has 1 heterocycles. The van der Waals surface area contributed by atoms with Crippen molar-refractivity contribution < 1.29 is 0 Å². The number of H-pyrrole nitrogens is 1. The number of aryl methyl sites for hydroxylation is 1. The maximum Gasteiger partial charge on any atom is 0.0535 e. The quantitative estimate of drug-likeness (QED) is 0.740. The van der Waals surface area contributed by atoms with E-state index in [9.17, 15) is 0 Å². The molecular weight excluding hydrogens is 186 g/mol. The Morgan fingerprint density at radius 2 is 2.47 bits per heavy atom. The molecule has 82 valence electrons. The van der Waals surface area contributed by atoms with Crippen molar-refractivity contribution in [2.45, 2.75) is 32.7 Å². The van der Waals surface area contributed by atoms with Gasteiger partial charge in [-0.15, -0.1) is 0 Å². The smallest absolute Gasteiger partial charge is 0.0535 e. The molecule has 0 radical (unpaired) electrons. The van der Waals surface area contributed by atoms with Gasteiger partial charge in [0.05, 0.1) is 6.20 Å². The van der Waals surface area contributed by atoms with E-state index >= 15 is 0 Å². The van der Waals surface area contributed by atoms with Crippen LogP contribution in [-0.4, -0.2) is 16.7 Å². The zero-order chi connectivity index (χ0) is 10.5. The molecule has 0 unspecified atom stereocenters. The Kier molecular flexibility index (Phi) is 3.56. The zero-order valence-electron chi connectivity index (χ0n) is 9.29. The highest BCUT2D eigenvalue weighted by atomic mass is 15.1. The molecule has 0 aromatic carbocycles. The van der Waals surface area contributed by atoms with Gasteiger partial charge in [-0.25, -0.2) is 0 Å². The largest absolute Gasteiger partial charge is 0.312 e. The highest BCUT2D eigenvalue weighted by Crippen LogP contribution is 2.17. The minimum absolute atomic E-state index is 0.821. The summed E-state index contributed by atoms with van der Waals surface area (Å²) in [4.78, 5) is 0. The number of nitrogens with zero attached hydrogens (tertiary/aromatic N) is 1. The maximum absolute atomic E-state index is 4.01. The Bertz CT molecular complexity index is 327. The van der Waals surface area contributed by atoms with Gasteiger partial charge in [-0.05, 0) is 38.6 Å². The molecule has 2 N–H and O–H groups in total.